The second-order valence-electron chi connectivity index (χ2n) is 6.22. The van der Waals surface area contributed by atoms with Gasteiger partial charge in [-0.3, -0.25) is 0 Å². The van der Waals surface area contributed by atoms with Gasteiger partial charge < -0.3 is 21.1 Å². The van der Waals surface area contributed by atoms with E-state index in [9.17, 15) is 0 Å². The average molecular weight is 359 g/mol. The average Bonchev–Trinajstić information content (AvgIpc) is 2.61. The van der Waals surface area contributed by atoms with E-state index in [2.05, 4.69) is 41.1 Å². The van der Waals surface area contributed by atoms with Crippen LogP contribution in [0, 0.1) is 6.92 Å². The summed E-state index contributed by atoms with van der Waals surface area (Å²) >= 11 is 1.60. The van der Waals surface area contributed by atoms with Gasteiger partial charge in [0.25, 0.3) is 0 Å². The largest absolute Gasteiger partial charge is 0.383 e. The summed E-state index contributed by atoms with van der Waals surface area (Å²) in [5.41, 5.74) is 14.2. The van der Waals surface area contributed by atoms with E-state index < -0.39 is 0 Å². The van der Waals surface area contributed by atoms with Crippen molar-refractivity contribution in [1.29, 1.82) is 0 Å². The number of anilines is 2. The Morgan fingerprint density at radius 3 is 2.84 bits per heavy atom. The molecule has 1 aliphatic heterocycles. The fourth-order valence-electron chi connectivity index (χ4n) is 2.78. The summed E-state index contributed by atoms with van der Waals surface area (Å²) < 4.78 is 5.74. The van der Waals surface area contributed by atoms with Crippen LogP contribution in [0.3, 0.4) is 0 Å². The van der Waals surface area contributed by atoms with Gasteiger partial charge in [-0.15, -0.1) is 0 Å². The molecule has 1 saturated heterocycles. The summed E-state index contributed by atoms with van der Waals surface area (Å²) in [6.45, 7) is 4.99. The van der Waals surface area contributed by atoms with Crippen molar-refractivity contribution in [2.75, 3.05) is 36.9 Å². The zero-order valence-corrected chi connectivity index (χ0v) is 15.3. The van der Waals surface area contributed by atoms with Crippen LogP contribution in [0.5, 0.6) is 0 Å². The Labute approximate surface area is 153 Å². The fraction of sp³-hybridized carbons (Fsp3) is 0.444. The molecule has 134 valence electrons. The van der Waals surface area contributed by atoms with Crippen molar-refractivity contribution in [2.24, 2.45) is 5.73 Å². The van der Waals surface area contributed by atoms with Crippen LogP contribution in [0.1, 0.15) is 17.5 Å². The molecule has 0 saturated carbocycles. The Morgan fingerprint density at radius 1 is 1.28 bits per heavy atom. The minimum atomic E-state index is 0.151. The molecule has 1 aromatic heterocycles. The van der Waals surface area contributed by atoms with Crippen LogP contribution in [0.2, 0.25) is 0 Å². The van der Waals surface area contributed by atoms with Gasteiger partial charge in [-0.05, 0) is 25.5 Å². The van der Waals surface area contributed by atoms with Crippen molar-refractivity contribution in [2.45, 2.75) is 30.4 Å². The minimum Gasteiger partial charge on any atom is -0.383 e. The first-order chi connectivity index (χ1) is 12.1. The Balaban J connectivity index is 1.68. The number of aromatic nitrogens is 2. The molecule has 6 nitrogen and oxygen atoms in total. The number of ether oxygens (including phenoxy) is 1. The van der Waals surface area contributed by atoms with E-state index in [1.165, 1.54) is 11.1 Å². The van der Waals surface area contributed by atoms with Gasteiger partial charge in [0.1, 0.15) is 11.6 Å². The SMILES string of the molecule is Cc1ccc(CSc2nc(N)cc(N3CCO[C@H](CCN)C3)n2)cc1. The van der Waals surface area contributed by atoms with Crippen LogP contribution in [0.15, 0.2) is 35.5 Å². The standard InChI is InChI=1S/C18H25N5OS/c1-13-2-4-14(5-3-13)12-25-18-21-16(20)10-17(22-18)23-8-9-24-15(11-23)6-7-19/h2-5,10,15H,6-9,11-12,19H2,1H3,(H2,20,21,22)/t15-/m1/s1. The number of morpholine rings is 1. The topological polar surface area (TPSA) is 90.3 Å². The summed E-state index contributed by atoms with van der Waals surface area (Å²) in [4.78, 5) is 11.3. The van der Waals surface area contributed by atoms with Gasteiger partial charge in [0.05, 0.1) is 12.7 Å². The lowest BCUT2D eigenvalue weighted by Gasteiger charge is -2.33. The molecule has 0 spiro atoms. The Kier molecular flexibility index (Phi) is 6.12. The molecule has 4 N–H and O–H groups in total. The molecular formula is C18H25N5OS. The van der Waals surface area contributed by atoms with Crippen LogP contribution in [-0.4, -0.2) is 42.3 Å². The molecule has 1 atom stereocenters. The number of rotatable bonds is 6. The van der Waals surface area contributed by atoms with Crippen LogP contribution < -0.4 is 16.4 Å². The molecule has 0 amide bonds. The van der Waals surface area contributed by atoms with Gasteiger partial charge in [-0.1, -0.05) is 41.6 Å². The van der Waals surface area contributed by atoms with E-state index in [4.69, 9.17) is 21.2 Å². The number of nitrogen functional groups attached to an aromatic ring is 1. The van der Waals surface area contributed by atoms with Gasteiger partial charge in [0.2, 0.25) is 0 Å². The van der Waals surface area contributed by atoms with Crippen LogP contribution in [0.4, 0.5) is 11.6 Å². The first-order valence-corrected chi connectivity index (χ1v) is 9.52. The van der Waals surface area contributed by atoms with Gasteiger partial charge >= 0.3 is 0 Å². The fourth-order valence-corrected chi connectivity index (χ4v) is 3.59. The van der Waals surface area contributed by atoms with Crippen molar-refractivity contribution in [3.8, 4) is 0 Å². The highest BCUT2D eigenvalue weighted by atomic mass is 32.2. The van der Waals surface area contributed by atoms with E-state index in [1.54, 1.807) is 11.8 Å². The summed E-state index contributed by atoms with van der Waals surface area (Å²) in [7, 11) is 0. The van der Waals surface area contributed by atoms with Gasteiger partial charge in [0.15, 0.2) is 5.16 Å². The highest BCUT2D eigenvalue weighted by molar-refractivity contribution is 7.98. The second-order valence-corrected chi connectivity index (χ2v) is 7.17. The maximum absolute atomic E-state index is 6.01. The third-order valence-corrected chi connectivity index (χ3v) is 5.07. The van der Waals surface area contributed by atoms with E-state index in [0.29, 0.717) is 24.1 Å². The Bertz CT molecular complexity index is 692. The van der Waals surface area contributed by atoms with Crippen LogP contribution in [0.25, 0.3) is 0 Å². The zero-order chi connectivity index (χ0) is 17.6. The van der Waals surface area contributed by atoms with Gasteiger partial charge in [0, 0.05) is 24.9 Å². The molecule has 1 aliphatic rings. The number of aryl methyl sites for hydroxylation is 1. The second kappa shape index (κ2) is 8.51. The van der Waals surface area contributed by atoms with Crippen molar-refractivity contribution in [3.05, 3.63) is 41.5 Å². The molecule has 1 fully saturated rings. The lowest BCUT2D eigenvalue weighted by atomic mass is 10.2. The number of nitrogens with zero attached hydrogens (tertiary/aromatic N) is 3. The van der Waals surface area contributed by atoms with Crippen LogP contribution >= 0.6 is 11.8 Å². The highest BCUT2D eigenvalue weighted by Crippen LogP contribution is 2.25. The first kappa shape index (κ1) is 18.0. The Morgan fingerprint density at radius 2 is 2.08 bits per heavy atom. The summed E-state index contributed by atoms with van der Waals surface area (Å²) in [6.07, 6.45) is 1.00. The molecular weight excluding hydrogens is 334 g/mol. The predicted octanol–water partition coefficient (Wildman–Crippen LogP) is 2.21. The molecule has 7 heteroatoms. The third-order valence-electron chi connectivity index (χ3n) is 4.15. The van der Waals surface area contributed by atoms with Crippen molar-refractivity contribution >= 4 is 23.4 Å². The third kappa shape index (κ3) is 5.07. The van der Waals surface area contributed by atoms with Crippen LogP contribution in [-0.2, 0) is 10.5 Å². The molecule has 25 heavy (non-hydrogen) atoms. The van der Waals surface area contributed by atoms with E-state index in [0.717, 1.165) is 31.1 Å². The van der Waals surface area contributed by atoms with Gasteiger partial charge in [-0.25, -0.2) is 9.97 Å². The number of benzene rings is 1. The molecule has 0 unspecified atom stereocenters. The summed E-state index contributed by atoms with van der Waals surface area (Å²) in [5.74, 6) is 2.18. The monoisotopic (exact) mass is 359 g/mol. The van der Waals surface area contributed by atoms with Crippen molar-refractivity contribution < 1.29 is 4.74 Å². The number of hydrogen-bond acceptors (Lipinski definition) is 7. The number of thioether (sulfide) groups is 1. The van der Waals surface area contributed by atoms with E-state index in [1.807, 2.05) is 6.07 Å². The van der Waals surface area contributed by atoms with Crippen molar-refractivity contribution in [3.63, 3.8) is 0 Å². The molecule has 2 heterocycles. The Hall–Kier alpha value is -1.83. The molecule has 0 aliphatic carbocycles. The summed E-state index contributed by atoms with van der Waals surface area (Å²) in [5, 5.41) is 0.706. The quantitative estimate of drug-likeness (QED) is 0.603. The molecule has 3 rings (SSSR count). The normalized spacial score (nSPS) is 17.7. The van der Waals surface area contributed by atoms with E-state index in [-0.39, 0.29) is 6.10 Å². The minimum absolute atomic E-state index is 0.151. The molecule has 1 aromatic carbocycles. The first-order valence-electron chi connectivity index (χ1n) is 8.53. The number of nitrogens with two attached hydrogens (primary N) is 2. The summed E-state index contributed by atoms with van der Waals surface area (Å²) in [6, 6.07) is 10.3. The lowest BCUT2D eigenvalue weighted by Crippen LogP contribution is -2.43. The van der Waals surface area contributed by atoms with Gasteiger partial charge in [-0.2, -0.15) is 0 Å². The zero-order valence-electron chi connectivity index (χ0n) is 14.5. The molecule has 0 radical (unpaired) electrons. The predicted molar refractivity (Wildman–Crippen MR) is 103 cm³/mol. The smallest absolute Gasteiger partial charge is 0.191 e. The highest BCUT2D eigenvalue weighted by Gasteiger charge is 2.21. The molecule has 0 bridgehead atoms. The maximum Gasteiger partial charge on any atom is 0.191 e. The number of hydrogen-bond donors (Lipinski definition) is 2. The van der Waals surface area contributed by atoms with E-state index >= 15 is 0 Å². The van der Waals surface area contributed by atoms with Crippen molar-refractivity contribution in [1.82, 2.24) is 9.97 Å². The molecule has 2 aromatic rings. The lowest BCUT2D eigenvalue weighted by molar-refractivity contribution is 0.0366. The maximum atomic E-state index is 6.01.